The second-order valence-electron chi connectivity index (χ2n) is 4.36. The molecule has 0 unspecified atom stereocenters. The third-order valence-corrected chi connectivity index (χ3v) is 3.10. The lowest BCUT2D eigenvalue weighted by atomic mass is 9.93. The van der Waals surface area contributed by atoms with Gasteiger partial charge < -0.3 is 5.32 Å². The molecule has 2 heterocycles. The first-order valence-corrected chi connectivity index (χ1v) is 5.98. The summed E-state index contributed by atoms with van der Waals surface area (Å²) in [5.74, 6) is 0.825. The van der Waals surface area contributed by atoms with Crippen molar-refractivity contribution in [1.29, 1.82) is 0 Å². The molecule has 88 valence electrons. The Hall–Kier alpha value is -1.29. The monoisotopic (exact) mass is 221 g/mol. The van der Waals surface area contributed by atoms with Gasteiger partial charge in [0.2, 0.25) is 5.91 Å². The number of nitrogens with one attached hydrogen (secondary N) is 2. The highest BCUT2D eigenvalue weighted by molar-refractivity contribution is 5.83. The highest BCUT2D eigenvalue weighted by atomic mass is 16.2. The highest BCUT2D eigenvalue weighted by Gasteiger charge is 2.14. The second-order valence-corrected chi connectivity index (χ2v) is 4.36. The molecule has 1 aliphatic rings. The minimum absolute atomic E-state index is 0.106. The second kappa shape index (κ2) is 5.70. The fraction of sp³-hybridized carbons (Fsp3) is 0.583. The van der Waals surface area contributed by atoms with Crippen molar-refractivity contribution < 1.29 is 4.79 Å². The number of amides is 1. The molecule has 1 aromatic heterocycles. The molecule has 2 rings (SSSR count). The van der Waals surface area contributed by atoms with E-state index in [2.05, 4.69) is 10.7 Å². The van der Waals surface area contributed by atoms with Gasteiger partial charge in [-0.2, -0.15) is 0 Å². The van der Waals surface area contributed by atoms with Crippen LogP contribution in [0.15, 0.2) is 24.5 Å². The molecule has 1 amide bonds. The molecular weight excluding hydrogens is 202 g/mol. The molecule has 0 bridgehead atoms. The van der Waals surface area contributed by atoms with Crippen molar-refractivity contribution in [1.82, 2.24) is 9.99 Å². The maximum atomic E-state index is 11.6. The minimum atomic E-state index is 0.106. The Morgan fingerprint density at radius 1 is 1.31 bits per heavy atom. The number of carbonyl (C=O) groups is 1. The van der Waals surface area contributed by atoms with Gasteiger partial charge in [-0.1, -0.05) is 0 Å². The largest absolute Gasteiger partial charge is 0.317 e. The van der Waals surface area contributed by atoms with E-state index >= 15 is 0 Å². The Kier molecular flexibility index (Phi) is 3.99. The summed E-state index contributed by atoms with van der Waals surface area (Å²) in [5, 5.41) is 3.33. The van der Waals surface area contributed by atoms with Crippen LogP contribution in [0, 0.1) is 5.92 Å². The Labute approximate surface area is 96.0 Å². The number of hydrogen-bond donors (Lipinski definition) is 2. The average molecular weight is 221 g/mol. The van der Waals surface area contributed by atoms with Crippen LogP contribution in [0.25, 0.3) is 0 Å². The van der Waals surface area contributed by atoms with Gasteiger partial charge in [0.15, 0.2) is 0 Å². The average Bonchev–Trinajstić information content (AvgIpc) is 2.81. The molecule has 0 spiro atoms. The SMILES string of the molecule is O=C(CCC1CCNCC1)Nn1cccc1. The molecule has 0 atom stereocenters. The normalized spacial score (nSPS) is 17.2. The first-order chi connectivity index (χ1) is 7.84. The van der Waals surface area contributed by atoms with Gasteiger partial charge >= 0.3 is 0 Å². The van der Waals surface area contributed by atoms with Crippen molar-refractivity contribution in [3.8, 4) is 0 Å². The van der Waals surface area contributed by atoms with E-state index in [9.17, 15) is 4.79 Å². The Morgan fingerprint density at radius 2 is 2.00 bits per heavy atom. The lowest BCUT2D eigenvalue weighted by Gasteiger charge is -2.22. The third-order valence-electron chi connectivity index (χ3n) is 3.10. The molecule has 0 aromatic carbocycles. The molecule has 1 saturated heterocycles. The Bertz CT molecular complexity index is 315. The molecule has 0 radical (unpaired) electrons. The number of piperidine rings is 1. The number of nitrogens with zero attached hydrogens (tertiary/aromatic N) is 1. The number of carbonyl (C=O) groups excluding carboxylic acids is 1. The van der Waals surface area contributed by atoms with Gasteiger partial charge in [-0.05, 0) is 50.4 Å². The van der Waals surface area contributed by atoms with Crippen molar-refractivity contribution >= 4 is 5.91 Å². The predicted octanol–water partition coefficient (Wildman–Crippen LogP) is 1.34. The van der Waals surface area contributed by atoms with Crippen molar-refractivity contribution in [2.45, 2.75) is 25.7 Å². The lowest BCUT2D eigenvalue weighted by molar-refractivity contribution is -0.117. The smallest absolute Gasteiger partial charge is 0.238 e. The summed E-state index contributed by atoms with van der Waals surface area (Å²) in [4.78, 5) is 11.6. The zero-order chi connectivity index (χ0) is 11.2. The molecule has 1 aromatic rings. The third kappa shape index (κ3) is 3.38. The maximum absolute atomic E-state index is 11.6. The molecular formula is C12H19N3O. The molecule has 1 fully saturated rings. The zero-order valence-electron chi connectivity index (χ0n) is 9.48. The maximum Gasteiger partial charge on any atom is 0.238 e. The van der Waals surface area contributed by atoms with Gasteiger partial charge in [-0.25, -0.2) is 0 Å². The van der Waals surface area contributed by atoms with Crippen LogP contribution in [0.5, 0.6) is 0 Å². The summed E-state index contributed by atoms with van der Waals surface area (Å²) < 4.78 is 1.70. The van der Waals surface area contributed by atoms with Crippen LogP contribution in [0.1, 0.15) is 25.7 Å². The van der Waals surface area contributed by atoms with E-state index in [1.54, 1.807) is 4.68 Å². The minimum Gasteiger partial charge on any atom is -0.317 e. The van der Waals surface area contributed by atoms with Crippen LogP contribution in [-0.2, 0) is 4.79 Å². The molecule has 0 aliphatic carbocycles. The number of aromatic nitrogens is 1. The summed E-state index contributed by atoms with van der Waals surface area (Å²) in [6.07, 6.45) is 7.72. The van der Waals surface area contributed by atoms with Gasteiger partial charge in [0.05, 0.1) is 0 Å². The Morgan fingerprint density at radius 3 is 2.69 bits per heavy atom. The van der Waals surface area contributed by atoms with Crippen molar-refractivity contribution in [2.24, 2.45) is 5.92 Å². The zero-order valence-corrected chi connectivity index (χ0v) is 9.48. The van der Waals surface area contributed by atoms with Crippen LogP contribution in [-0.4, -0.2) is 23.7 Å². The van der Waals surface area contributed by atoms with Gasteiger partial charge in [0.1, 0.15) is 0 Å². The van der Waals surface area contributed by atoms with Crippen molar-refractivity contribution in [3.05, 3.63) is 24.5 Å². The first-order valence-electron chi connectivity index (χ1n) is 5.98. The van der Waals surface area contributed by atoms with Crippen molar-refractivity contribution in [2.75, 3.05) is 18.5 Å². The number of hydrogen-bond acceptors (Lipinski definition) is 2. The molecule has 0 saturated carbocycles. The standard InChI is InChI=1S/C12H19N3O/c16-12(14-15-9-1-2-10-15)4-3-11-5-7-13-8-6-11/h1-2,9-11,13H,3-8H2,(H,14,16). The molecule has 16 heavy (non-hydrogen) atoms. The summed E-state index contributed by atoms with van der Waals surface area (Å²) >= 11 is 0. The molecule has 2 N–H and O–H groups in total. The number of rotatable bonds is 4. The van der Waals surface area contributed by atoms with E-state index in [0.29, 0.717) is 6.42 Å². The quantitative estimate of drug-likeness (QED) is 0.806. The fourth-order valence-corrected chi connectivity index (χ4v) is 2.11. The molecule has 4 heteroatoms. The summed E-state index contributed by atoms with van der Waals surface area (Å²) in [6.45, 7) is 2.20. The van der Waals surface area contributed by atoms with E-state index in [4.69, 9.17) is 0 Å². The van der Waals surface area contributed by atoms with Crippen molar-refractivity contribution in [3.63, 3.8) is 0 Å². The summed E-state index contributed by atoms with van der Waals surface area (Å²) in [6, 6.07) is 3.79. The van der Waals surface area contributed by atoms with E-state index in [1.165, 1.54) is 12.8 Å². The van der Waals surface area contributed by atoms with E-state index in [0.717, 1.165) is 25.4 Å². The summed E-state index contributed by atoms with van der Waals surface area (Å²) in [5.41, 5.74) is 2.82. The van der Waals surface area contributed by atoms with E-state index in [-0.39, 0.29) is 5.91 Å². The van der Waals surface area contributed by atoms with Crippen LogP contribution in [0.2, 0.25) is 0 Å². The van der Waals surface area contributed by atoms with E-state index in [1.807, 2.05) is 24.5 Å². The predicted molar refractivity (Wildman–Crippen MR) is 63.6 cm³/mol. The van der Waals surface area contributed by atoms with Gasteiger partial charge in [-0.3, -0.25) is 14.9 Å². The summed E-state index contributed by atoms with van der Waals surface area (Å²) in [7, 11) is 0. The highest BCUT2D eigenvalue weighted by Crippen LogP contribution is 2.17. The molecule has 1 aliphatic heterocycles. The lowest BCUT2D eigenvalue weighted by Crippen LogP contribution is -2.29. The fourth-order valence-electron chi connectivity index (χ4n) is 2.11. The van der Waals surface area contributed by atoms with Gasteiger partial charge in [0, 0.05) is 18.8 Å². The first kappa shape index (κ1) is 11.2. The van der Waals surface area contributed by atoms with Crippen LogP contribution >= 0.6 is 0 Å². The topological polar surface area (TPSA) is 46.1 Å². The van der Waals surface area contributed by atoms with Crippen LogP contribution in [0.3, 0.4) is 0 Å². The molecule has 4 nitrogen and oxygen atoms in total. The van der Waals surface area contributed by atoms with Gasteiger partial charge in [0.25, 0.3) is 0 Å². The van der Waals surface area contributed by atoms with Gasteiger partial charge in [-0.15, -0.1) is 0 Å². The van der Waals surface area contributed by atoms with Crippen LogP contribution in [0.4, 0.5) is 0 Å². The van der Waals surface area contributed by atoms with Crippen LogP contribution < -0.4 is 10.7 Å². The van der Waals surface area contributed by atoms with E-state index < -0.39 is 0 Å². The Balaban J connectivity index is 1.67.